The minimum atomic E-state index is -0.673. The largest absolute Gasteiger partial charge is 0.462 e. The molecule has 0 amide bonds. The molecule has 1 saturated heterocycles. The number of carbonyl (C=O) groups excluding carboxylic acids is 2. The molecule has 2 fully saturated rings. The zero-order valence-corrected chi connectivity index (χ0v) is 18.4. The lowest BCUT2D eigenvalue weighted by atomic mass is 9.67. The molecule has 5 nitrogen and oxygen atoms in total. The summed E-state index contributed by atoms with van der Waals surface area (Å²) in [4.78, 5) is 26.2. The van der Waals surface area contributed by atoms with Gasteiger partial charge in [0.2, 0.25) is 0 Å². The van der Waals surface area contributed by atoms with Crippen LogP contribution in [-0.2, 0) is 14.3 Å². The number of ether oxygens (including phenoxy) is 1. The number of cyclic esters (lactones) is 1. The van der Waals surface area contributed by atoms with Crippen LogP contribution in [0.1, 0.15) is 65.7 Å². The number of fused-ring (bicyclic) bond motifs is 5. The summed E-state index contributed by atoms with van der Waals surface area (Å²) in [7, 11) is 0. The molecule has 0 spiro atoms. The van der Waals surface area contributed by atoms with Crippen molar-refractivity contribution in [2.75, 3.05) is 0 Å². The summed E-state index contributed by atoms with van der Waals surface area (Å²) in [5, 5.41) is 20.9. The summed E-state index contributed by atoms with van der Waals surface area (Å²) in [5.74, 6) is 0.0227. The van der Waals surface area contributed by atoms with Gasteiger partial charge in [0.15, 0.2) is 5.78 Å². The molecule has 1 saturated carbocycles. The molecular weight excluding hydrogens is 380 g/mol. The molecule has 0 aromatic carbocycles. The first-order valence-corrected chi connectivity index (χ1v) is 11.8. The summed E-state index contributed by atoms with van der Waals surface area (Å²) in [6.07, 6.45) is 7.76. The molecule has 0 radical (unpaired) electrons. The molecule has 9 atom stereocenters. The maximum absolute atomic E-state index is 13.4. The van der Waals surface area contributed by atoms with Gasteiger partial charge in [0.25, 0.3) is 0 Å². The normalized spacial score (nSPS) is 44.6. The number of rotatable bonds is 1. The van der Waals surface area contributed by atoms with Crippen molar-refractivity contribution in [1.29, 1.82) is 0 Å². The second-order valence-electron chi connectivity index (χ2n) is 10.1. The lowest BCUT2D eigenvalue weighted by Gasteiger charge is -2.37. The van der Waals surface area contributed by atoms with Crippen molar-refractivity contribution in [3.05, 3.63) is 23.3 Å². The highest BCUT2D eigenvalue weighted by Gasteiger charge is 2.51. The molecule has 5 heteroatoms. The molecule has 0 aromatic rings. The Morgan fingerprint density at radius 2 is 1.83 bits per heavy atom. The number of aliphatic hydroxyl groups is 2. The van der Waals surface area contributed by atoms with Crippen LogP contribution in [0, 0.1) is 35.5 Å². The van der Waals surface area contributed by atoms with Gasteiger partial charge in [0, 0.05) is 11.8 Å². The van der Waals surface area contributed by atoms with E-state index in [2.05, 4.69) is 19.1 Å². The molecule has 4 aliphatic rings. The smallest absolute Gasteiger partial charge is 0.306 e. The second kappa shape index (κ2) is 8.58. The number of esters is 1. The van der Waals surface area contributed by atoms with Crippen LogP contribution < -0.4 is 0 Å². The number of hydrogen-bond donors (Lipinski definition) is 2. The highest BCUT2D eigenvalue weighted by Crippen LogP contribution is 2.55. The van der Waals surface area contributed by atoms with Gasteiger partial charge in [0.1, 0.15) is 6.10 Å². The third-order valence-corrected chi connectivity index (χ3v) is 8.24. The Bertz CT molecular complexity index is 753. The number of ketones is 1. The third-order valence-electron chi connectivity index (χ3n) is 8.24. The summed E-state index contributed by atoms with van der Waals surface area (Å²) in [6.45, 7) is 5.96. The standard InChI is InChI=1S/C25H36O5/c1-4-16-6-5-7-23(27)14(3)25(29)22-11-20-18(21(22)12-24(28)30-16)8-13(2)17-9-15(26)10-19(17)20/h8,11,14-21,23,26-27H,4-7,9-10,12H2,1-3H3/t14-,15-,16+,17+,18-,19-,20-,21+,23+/m1/s1. The first-order chi connectivity index (χ1) is 14.3. The fourth-order valence-corrected chi connectivity index (χ4v) is 6.49. The summed E-state index contributed by atoms with van der Waals surface area (Å²) in [5.41, 5.74) is 1.98. The zero-order valence-electron chi connectivity index (χ0n) is 18.4. The van der Waals surface area contributed by atoms with Crippen LogP contribution in [0.25, 0.3) is 0 Å². The van der Waals surface area contributed by atoms with Gasteiger partial charge >= 0.3 is 5.97 Å². The van der Waals surface area contributed by atoms with Crippen molar-refractivity contribution in [2.24, 2.45) is 35.5 Å². The van der Waals surface area contributed by atoms with E-state index in [1.54, 1.807) is 0 Å². The van der Waals surface area contributed by atoms with Gasteiger partial charge < -0.3 is 14.9 Å². The maximum atomic E-state index is 13.4. The average Bonchev–Trinajstić information content (AvgIpc) is 3.26. The van der Waals surface area contributed by atoms with E-state index < -0.39 is 12.0 Å². The molecule has 0 unspecified atom stereocenters. The van der Waals surface area contributed by atoms with Gasteiger partial charge in [-0.3, -0.25) is 9.59 Å². The van der Waals surface area contributed by atoms with Gasteiger partial charge in [0.05, 0.1) is 18.6 Å². The summed E-state index contributed by atoms with van der Waals surface area (Å²) in [6, 6.07) is 0. The van der Waals surface area contributed by atoms with Crippen LogP contribution in [0.5, 0.6) is 0 Å². The van der Waals surface area contributed by atoms with E-state index in [0.717, 1.165) is 32.1 Å². The third kappa shape index (κ3) is 3.91. The molecule has 4 rings (SSSR count). The van der Waals surface area contributed by atoms with Crippen LogP contribution in [0.4, 0.5) is 0 Å². The minimum Gasteiger partial charge on any atom is -0.462 e. The van der Waals surface area contributed by atoms with Gasteiger partial charge in [-0.25, -0.2) is 0 Å². The predicted octanol–water partition coefficient (Wildman–Crippen LogP) is 3.58. The van der Waals surface area contributed by atoms with Crippen molar-refractivity contribution >= 4 is 11.8 Å². The average molecular weight is 417 g/mol. The molecule has 0 bridgehead atoms. The van der Waals surface area contributed by atoms with Crippen molar-refractivity contribution < 1.29 is 24.5 Å². The first kappa shape index (κ1) is 21.8. The Balaban J connectivity index is 1.69. The molecule has 166 valence electrons. The Kier molecular flexibility index (Phi) is 6.23. The maximum Gasteiger partial charge on any atom is 0.306 e. The van der Waals surface area contributed by atoms with E-state index in [1.165, 1.54) is 5.57 Å². The Hall–Kier alpha value is -1.46. The molecule has 0 aromatic heterocycles. The molecule has 3 aliphatic carbocycles. The lowest BCUT2D eigenvalue weighted by Crippen LogP contribution is -2.34. The van der Waals surface area contributed by atoms with E-state index in [0.29, 0.717) is 23.8 Å². The Morgan fingerprint density at radius 1 is 1.07 bits per heavy atom. The van der Waals surface area contributed by atoms with Crippen LogP contribution in [0.15, 0.2) is 23.3 Å². The quantitative estimate of drug-likeness (QED) is 0.504. The fourth-order valence-electron chi connectivity index (χ4n) is 6.49. The van der Waals surface area contributed by atoms with Gasteiger partial charge in [-0.1, -0.05) is 31.6 Å². The molecular formula is C25H36O5. The topological polar surface area (TPSA) is 83.8 Å². The van der Waals surface area contributed by atoms with Gasteiger partial charge in [-0.15, -0.1) is 0 Å². The van der Waals surface area contributed by atoms with Crippen LogP contribution >= 0.6 is 0 Å². The second-order valence-corrected chi connectivity index (χ2v) is 10.1. The van der Waals surface area contributed by atoms with Crippen molar-refractivity contribution in [2.45, 2.75) is 84.0 Å². The number of hydrogen-bond acceptors (Lipinski definition) is 5. The van der Waals surface area contributed by atoms with Gasteiger partial charge in [-0.05, 0) is 74.7 Å². The van der Waals surface area contributed by atoms with Crippen molar-refractivity contribution in [3.63, 3.8) is 0 Å². The zero-order chi connectivity index (χ0) is 21.6. The van der Waals surface area contributed by atoms with E-state index in [4.69, 9.17) is 4.74 Å². The molecule has 1 heterocycles. The van der Waals surface area contributed by atoms with Crippen molar-refractivity contribution in [3.8, 4) is 0 Å². The Morgan fingerprint density at radius 3 is 2.57 bits per heavy atom. The molecule has 2 N–H and O–H groups in total. The van der Waals surface area contributed by atoms with Crippen LogP contribution in [0.3, 0.4) is 0 Å². The number of aliphatic hydroxyl groups excluding tert-OH is 2. The highest BCUT2D eigenvalue weighted by atomic mass is 16.5. The summed E-state index contributed by atoms with van der Waals surface area (Å²) >= 11 is 0. The summed E-state index contributed by atoms with van der Waals surface area (Å²) < 4.78 is 5.77. The van der Waals surface area contributed by atoms with E-state index >= 15 is 0 Å². The number of allylic oxidation sites excluding steroid dienone is 4. The van der Waals surface area contributed by atoms with Gasteiger partial charge in [-0.2, -0.15) is 0 Å². The van der Waals surface area contributed by atoms with Crippen molar-refractivity contribution in [1.82, 2.24) is 0 Å². The predicted molar refractivity (Wildman–Crippen MR) is 113 cm³/mol. The van der Waals surface area contributed by atoms with E-state index in [1.807, 2.05) is 13.8 Å². The molecule has 1 aliphatic heterocycles. The number of carbonyl (C=O) groups is 2. The Labute approximate surface area is 179 Å². The monoisotopic (exact) mass is 416 g/mol. The SMILES string of the molecule is CC[C@H]1CCC[C@H](O)[C@@H](C)C(=O)C2=C[C@@H]3[C@@H](C=C(C)[C@@H]4C[C@@H](O)C[C@@H]34)[C@@H]2CC(=O)O1. The molecule has 30 heavy (non-hydrogen) atoms. The fraction of sp³-hybridized carbons (Fsp3) is 0.760. The lowest BCUT2D eigenvalue weighted by molar-refractivity contribution is -0.151. The van der Waals surface area contributed by atoms with E-state index in [-0.39, 0.29) is 48.1 Å². The first-order valence-electron chi connectivity index (χ1n) is 11.8. The highest BCUT2D eigenvalue weighted by molar-refractivity contribution is 5.99. The van der Waals surface area contributed by atoms with Crippen LogP contribution in [0.2, 0.25) is 0 Å². The van der Waals surface area contributed by atoms with E-state index in [9.17, 15) is 19.8 Å². The van der Waals surface area contributed by atoms with Crippen LogP contribution in [-0.4, -0.2) is 40.3 Å². The minimum absolute atomic E-state index is 0.0246. The number of Topliss-reactive ketones (excluding diaryl/α,β-unsaturated/α-hetero) is 1.